The molecule has 1 aromatic rings. The predicted molar refractivity (Wildman–Crippen MR) is 71.5 cm³/mol. The first-order valence-corrected chi connectivity index (χ1v) is 7.81. The summed E-state index contributed by atoms with van der Waals surface area (Å²) in [6.07, 6.45) is 2.93. The van der Waals surface area contributed by atoms with Crippen LogP contribution in [0.15, 0.2) is 29.2 Å². The summed E-state index contributed by atoms with van der Waals surface area (Å²) in [6.45, 7) is 2.39. The number of nitrogens with two attached hydrogens (primary N) is 1. The van der Waals surface area contributed by atoms with Gasteiger partial charge in [-0.2, -0.15) is 0 Å². The molecule has 1 aromatic carbocycles. The summed E-state index contributed by atoms with van der Waals surface area (Å²) < 4.78 is 27.4. The van der Waals surface area contributed by atoms with E-state index in [4.69, 9.17) is 5.73 Å². The normalized spacial score (nSPS) is 24.3. The van der Waals surface area contributed by atoms with Crippen LogP contribution < -0.4 is 10.5 Å². The van der Waals surface area contributed by atoms with Gasteiger partial charge in [0.2, 0.25) is 10.0 Å². The number of hydrogen-bond donors (Lipinski definition) is 2. The smallest absolute Gasteiger partial charge is 0.241 e. The highest BCUT2D eigenvalue weighted by Gasteiger charge is 2.27. The summed E-state index contributed by atoms with van der Waals surface area (Å²) in [7, 11) is -3.44. The van der Waals surface area contributed by atoms with Gasteiger partial charge in [0.15, 0.2) is 0 Å². The molecule has 0 aliphatic heterocycles. The van der Waals surface area contributed by atoms with Gasteiger partial charge in [-0.1, -0.05) is 25.1 Å². The van der Waals surface area contributed by atoms with E-state index in [1.165, 1.54) is 0 Å². The first-order valence-electron chi connectivity index (χ1n) is 6.33. The van der Waals surface area contributed by atoms with Crippen molar-refractivity contribution in [1.82, 2.24) is 4.72 Å². The number of sulfonamides is 1. The molecule has 2 unspecified atom stereocenters. The molecular weight excluding hydrogens is 248 g/mol. The molecule has 0 radical (unpaired) electrons. The fraction of sp³-hybridized carbons (Fsp3) is 0.538. The minimum Gasteiger partial charge on any atom is -0.326 e. The predicted octanol–water partition coefficient (Wildman–Crippen LogP) is 1.61. The molecular formula is C13H20N2O2S. The van der Waals surface area contributed by atoms with Crippen LogP contribution >= 0.6 is 0 Å². The van der Waals surface area contributed by atoms with Gasteiger partial charge in [0.05, 0.1) is 4.90 Å². The van der Waals surface area contributed by atoms with Crippen molar-refractivity contribution < 1.29 is 8.42 Å². The quantitative estimate of drug-likeness (QED) is 0.871. The van der Waals surface area contributed by atoms with Crippen molar-refractivity contribution in [2.75, 3.05) is 0 Å². The second kappa shape index (κ2) is 5.38. The minimum atomic E-state index is -3.44. The highest BCUT2D eigenvalue weighted by atomic mass is 32.2. The van der Waals surface area contributed by atoms with Gasteiger partial charge < -0.3 is 5.73 Å². The topological polar surface area (TPSA) is 72.2 Å². The molecule has 0 spiro atoms. The number of benzene rings is 1. The molecule has 4 nitrogen and oxygen atoms in total. The zero-order valence-electron chi connectivity index (χ0n) is 10.6. The van der Waals surface area contributed by atoms with E-state index in [9.17, 15) is 8.42 Å². The second-order valence-electron chi connectivity index (χ2n) is 5.05. The summed E-state index contributed by atoms with van der Waals surface area (Å²) in [5, 5.41) is 0. The second-order valence-corrected chi connectivity index (χ2v) is 6.73. The van der Waals surface area contributed by atoms with Gasteiger partial charge in [-0.15, -0.1) is 0 Å². The summed E-state index contributed by atoms with van der Waals surface area (Å²) in [5.74, 6) is 0.599. The molecule has 0 bridgehead atoms. The van der Waals surface area contributed by atoms with E-state index in [1.807, 2.05) is 0 Å². The standard InChI is InChI=1S/C13H20N2O2S/c1-10-6-7-12(8-10)15-18(16,17)13-5-3-2-4-11(13)9-14/h2-5,10,12,15H,6-9,14H2,1H3. The van der Waals surface area contributed by atoms with Gasteiger partial charge in [-0.3, -0.25) is 0 Å². The van der Waals surface area contributed by atoms with Crippen molar-refractivity contribution in [3.63, 3.8) is 0 Å². The van der Waals surface area contributed by atoms with Crippen LogP contribution in [0.25, 0.3) is 0 Å². The highest BCUT2D eigenvalue weighted by molar-refractivity contribution is 7.89. The molecule has 1 aliphatic rings. The molecule has 3 N–H and O–H groups in total. The van der Waals surface area contributed by atoms with Gasteiger partial charge in [0.1, 0.15) is 0 Å². The molecule has 100 valence electrons. The molecule has 1 fully saturated rings. The van der Waals surface area contributed by atoms with Crippen LogP contribution in [-0.4, -0.2) is 14.5 Å². The fourth-order valence-corrected chi connectivity index (χ4v) is 4.07. The van der Waals surface area contributed by atoms with Crippen molar-refractivity contribution in [2.45, 2.75) is 43.7 Å². The SMILES string of the molecule is CC1CCC(NS(=O)(=O)c2ccccc2CN)C1. The van der Waals surface area contributed by atoms with E-state index in [1.54, 1.807) is 24.3 Å². The minimum absolute atomic E-state index is 0.0656. The Morgan fingerprint density at radius 3 is 2.67 bits per heavy atom. The average molecular weight is 268 g/mol. The monoisotopic (exact) mass is 268 g/mol. The zero-order chi connectivity index (χ0) is 13.2. The molecule has 0 amide bonds. The zero-order valence-corrected chi connectivity index (χ0v) is 11.4. The van der Waals surface area contributed by atoms with Crippen LogP contribution in [-0.2, 0) is 16.6 Å². The fourth-order valence-electron chi connectivity index (χ4n) is 2.53. The van der Waals surface area contributed by atoms with Crippen molar-refractivity contribution >= 4 is 10.0 Å². The Morgan fingerprint density at radius 1 is 1.33 bits per heavy atom. The lowest BCUT2D eigenvalue weighted by atomic mass is 10.1. The summed E-state index contributed by atoms with van der Waals surface area (Å²) >= 11 is 0. The van der Waals surface area contributed by atoms with Crippen LogP contribution in [0.1, 0.15) is 31.7 Å². The third-order valence-corrected chi connectivity index (χ3v) is 5.12. The van der Waals surface area contributed by atoms with E-state index < -0.39 is 10.0 Å². The van der Waals surface area contributed by atoms with E-state index in [0.717, 1.165) is 19.3 Å². The Bertz CT molecular complexity index is 513. The lowest BCUT2D eigenvalue weighted by Gasteiger charge is -2.15. The lowest BCUT2D eigenvalue weighted by Crippen LogP contribution is -2.33. The van der Waals surface area contributed by atoms with Crippen LogP contribution in [0, 0.1) is 5.92 Å². The first-order chi connectivity index (χ1) is 8.53. The molecule has 1 aliphatic carbocycles. The molecule has 0 heterocycles. The van der Waals surface area contributed by atoms with E-state index in [2.05, 4.69) is 11.6 Å². The summed E-state index contributed by atoms with van der Waals surface area (Å²) in [5.41, 5.74) is 6.25. The van der Waals surface area contributed by atoms with Crippen LogP contribution in [0.3, 0.4) is 0 Å². The molecule has 0 aromatic heterocycles. The molecule has 2 atom stereocenters. The summed E-state index contributed by atoms with van der Waals surface area (Å²) in [4.78, 5) is 0.312. The van der Waals surface area contributed by atoms with Crippen molar-refractivity contribution in [3.8, 4) is 0 Å². The maximum Gasteiger partial charge on any atom is 0.241 e. The Labute approximate surface area is 109 Å². The van der Waals surface area contributed by atoms with Gasteiger partial charge >= 0.3 is 0 Å². The Hall–Kier alpha value is -0.910. The van der Waals surface area contributed by atoms with Gasteiger partial charge in [0.25, 0.3) is 0 Å². The van der Waals surface area contributed by atoms with Crippen molar-refractivity contribution in [2.24, 2.45) is 11.7 Å². The Kier molecular flexibility index (Phi) is 4.04. The molecule has 18 heavy (non-hydrogen) atoms. The molecule has 5 heteroatoms. The van der Waals surface area contributed by atoms with Crippen molar-refractivity contribution in [3.05, 3.63) is 29.8 Å². The third-order valence-electron chi connectivity index (χ3n) is 3.50. The number of hydrogen-bond acceptors (Lipinski definition) is 3. The van der Waals surface area contributed by atoms with E-state index in [0.29, 0.717) is 16.4 Å². The molecule has 2 rings (SSSR count). The average Bonchev–Trinajstić information content (AvgIpc) is 2.74. The van der Waals surface area contributed by atoms with Gasteiger partial charge in [-0.05, 0) is 36.8 Å². The maximum absolute atomic E-state index is 12.3. The summed E-state index contributed by atoms with van der Waals surface area (Å²) in [6, 6.07) is 6.97. The van der Waals surface area contributed by atoms with Crippen LogP contribution in [0.5, 0.6) is 0 Å². The maximum atomic E-state index is 12.3. The van der Waals surface area contributed by atoms with E-state index in [-0.39, 0.29) is 12.6 Å². The largest absolute Gasteiger partial charge is 0.326 e. The highest BCUT2D eigenvalue weighted by Crippen LogP contribution is 2.26. The lowest BCUT2D eigenvalue weighted by molar-refractivity contribution is 0.537. The Balaban J connectivity index is 2.20. The van der Waals surface area contributed by atoms with Gasteiger partial charge in [0, 0.05) is 12.6 Å². The number of nitrogens with one attached hydrogen (secondary N) is 1. The third kappa shape index (κ3) is 2.91. The van der Waals surface area contributed by atoms with Crippen molar-refractivity contribution in [1.29, 1.82) is 0 Å². The van der Waals surface area contributed by atoms with Crippen LogP contribution in [0.2, 0.25) is 0 Å². The van der Waals surface area contributed by atoms with Crippen LogP contribution in [0.4, 0.5) is 0 Å². The number of rotatable bonds is 4. The van der Waals surface area contributed by atoms with Gasteiger partial charge in [-0.25, -0.2) is 13.1 Å². The molecule has 0 saturated heterocycles. The molecule has 1 saturated carbocycles. The first kappa shape index (κ1) is 13.5. The Morgan fingerprint density at radius 2 is 2.06 bits per heavy atom. The van der Waals surface area contributed by atoms with E-state index >= 15 is 0 Å².